The molecule has 0 aliphatic rings. The third-order valence-corrected chi connectivity index (χ3v) is 4.90. The van der Waals surface area contributed by atoms with Crippen LogP contribution in [-0.2, 0) is 5.54 Å². The molecule has 0 N–H and O–H groups in total. The van der Waals surface area contributed by atoms with Gasteiger partial charge in [-0.2, -0.15) is 0 Å². The molecule has 2 rings (SSSR count). The van der Waals surface area contributed by atoms with Crippen LogP contribution in [0, 0.1) is 0 Å². The summed E-state index contributed by atoms with van der Waals surface area (Å²) in [5.74, 6) is 0. The van der Waals surface area contributed by atoms with Gasteiger partial charge in [0, 0.05) is 0 Å². The Hall–Kier alpha value is -0.861. The normalized spacial score (nSPS) is 12.2. The average molecular weight is 255 g/mol. The monoisotopic (exact) mass is 256 g/mol. The topological polar surface area (TPSA) is 34.9 Å². The van der Waals surface area contributed by atoms with Gasteiger partial charge in [0.1, 0.15) is 0 Å². The van der Waals surface area contributed by atoms with Crippen LogP contribution in [0.5, 0.6) is 0 Å². The van der Waals surface area contributed by atoms with Crippen LogP contribution < -0.4 is 5.56 Å². The molecular weight excluding hydrogens is 243 g/mol. The first-order valence-corrected chi connectivity index (χ1v) is 6.10. The number of rotatable bonds is 0. The summed E-state index contributed by atoms with van der Waals surface area (Å²) in [4.78, 5) is 16.2. The molecule has 0 spiro atoms. The van der Waals surface area contributed by atoms with E-state index in [2.05, 4.69) is 25.8 Å². The van der Waals surface area contributed by atoms with E-state index in [1.807, 2.05) is 15.7 Å². The van der Waals surface area contributed by atoms with E-state index in [4.69, 9.17) is 0 Å². The molecule has 0 atom stereocenters. The van der Waals surface area contributed by atoms with Gasteiger partial charge in [-0.15, -0.1) is 0 Å². The molecule has 2 heterocycles. The number of nitrogens with zero attached hydrogens (tertiary/aromatic N) is 2. The van der Waals surface area contributed by atoms with E-state index in [9.17, 15) is 4.79 Å². The molecular formula is C10H12N2OSe. The van der Waals surface area contributed by atoms with Crippen molar-refractivity contribution in [3.05, 3.63) is 28.7 Å². The van der Waals surface area contributed by atoms with E-state index >= 15 is 0 Å². The zero-order valence-electron chi connectivity index (χ0n) is 8.44. The van der Waals surface area contributed by atoms with Crippen molar-refractivity contribution in [2.45, 2.75) is 26.3 Å². The molecule has 0 saturated heterocycles. The van der Waals surface area contributed by atoms with Gasteiger partial charge < -0.3 is 0 Å². The Kier molecular flexibility index (Phi) is 2.13. The summed E-state index contributed by atoms with van der Waals surface area (Å²) in [6.45, 7) is 6.16. The summed E-state index contributed by atoms with van der Waals surface area (Å²) in [5.41, 5.74) is 0.0261. The van der Waals surface area contributed by atoms with Gasteiger partial charge in [-0.3, -0.25) is 0 Å². The van der Waals surface area contributed by atoms with Crippen LogP contribution in [0.3, 0.4) is 0 Å². The molecule has 0 radical (unpaired) electrons. The molecule has 74 valence electrons. The molecule has 14 heavy (non-hydrogen) atoms. The van der Waals surface area contributed by atoms with Crippen molar-refractivity contribution < 1.29 is 0 Å². The maximum atomic E-state index is 11.9. The minimum absolute atomic E-state index is 0.0475. The number of aromatic nitrogens is 2. The molecule has 3 nitrogen and oxygen atoms in total. The first-order chi connectivity index (χ1) is 6.50. The molecule has 0 bridgehead atoms. The first-order valence-electron chi connectivity index (χ1n) is 4.48. The Morgan fingerprint density at radius 2 is 2.14 bits per heavy atom. The zero-order chi connectivity index (χ0) is 10.3. The summed E-state index contributed by atoms with van der Waals surface area (Å²) < 4.78 is 2.87. The molecule has 0 amide bonds. The van der Waals surface area contributed by atoms with E-state index in [0.717, 1.165) is 9.78 Å². The molecule has 4 heteroatoms. The fourth-order valence-corrected chi connectivity index (χ4v) is 3.38. The molecule has 0 fully saturated rings. The van der Waals surface area contributed by atoms with Crippen LogP contribution in [0.4, 0.5) is 0 Å². The van der Waals surface area contributed by atoms with Crippen LogP contribution in [0.2, 0.25) is 0 Å². The quantitative estimate of drug-likeness (QED) is 0.663. The van der Waals surface area contributed by atoms with Crippen molar-refractivity contribution in [2.24, 2.45) is 0 Å². The predicted molar refractivity (Wildman–Crippen MR) is 57.9 cm³/mol. The number of hydrogen-bond donors (Lipinski definition) is 0. The van der Waals surface area contributed by atoms with Gasteiger partial charge in [0.25, 0.3) is 0 Å². The van der Waals surface area contributed by atoms with Crippen LogP contribution in [-0.4, -0.2) is 23.3 Å². The summed E-state index contributed by atoms with van der Waals surface area (Å²) >= 11 is 0.0475. The van der Waals surface area contributed by atoms with Gasteiger partial charge in [0.15, 0.2) is 0 Å². The molecule has 0 saturated carbocycles. The second-order valence-electron chi connectivity index (χ2n) is 4.22. The third kappa shape index (κ3) is 1.45. The molecule has 2 aromatic heterocycles. The van der Waals surface area contributed by atoms with Crippen molar-refractivity contribution in [3.8, 4) is 0 Å². The van der Waals surface area contributed by atoms with Crippen LogP contribution in [0.15, 0.2) is 23.1 Å². The van der Waals surface area contributed by atoms with Gasteiger partial charge >= 0.3 is 88.0 Å². The maximum absolute atomic E-state index is 11.9. The van der Waals surface area contributed by atoms with Gasteiger partial charge in [-0.25, -0.2) is 0 Å². The van der Waals surface area contributed by atoms with Crippen molar-refractivity contribution >= 4 is 24.5 Å². The standard InChI is InChI=1S/C10H12N2OSe/c1-10(2,3)12-9(13)7-5-4-6-11-8(7)14-12/h4-6H,1-3H3. The van der Waals surface area contributed by atoms with Crippen molar-refractivity contribution in [1.29, 1.82) is 0 Å². The zero-order valence-corrected chi connectivity index (χ0v) is 10.2. The molecule has 2 aromatic rings. The Morgan fingerprint density at radius 1 is 1.43 bits per heavy atom. The van der Waals surface area contributed by atoms with Crippen molar-refractivity contribution in [1.82, 2.24) is 8.55 Å². The molecule has 0 aliphatic carbocycles. The molecule has 0 aromatic carbocycles. The number of hydrogen-bond acceptors (Lipinski definition) is 2. The fraction of sp³-hybridized carbons (Fsp3) is 0.400. The molecule has 0 unspecified atom stereocenters. The van der Waals surface area contributed by atoms with E-state index in [-0.39, 0.29) is 25.8 Å². The number of fused-ring (bicyclic) bond motifs is 1. The summed E-state index contributed by atoms with van der Waals surface area (Å²) in [6, 6.07) is 3.68. The van der Waals surface area contributed by atoms with Crippen LogP contribution in [0.1, 0.15) is 20.8 Å². The Balaban J connectivity index is 2.82. The molecule has 0 aliphatic heterocycles. The van der Waals surface area contributed by atoms with E-state index < -0.39 is 0 Å². The fourth-order valence-electron chi connectivity index (χ4n) is 1.31. The Bertz CT molecular complexity index is 519. The van der Waals surface area contributed by atoms with Gasteiger partial charge in [0.05, 0.1) is 0 Å². The second kappa shape index (κ2) is 3.07. The minimum atomic E-state index is -0.0994. The second-order valence-corrected chi connectivity index (χ2v) is 6.18. The number of pyridine rings is 1. The predicted octanol–water partition coefficient (Wildman–Crippen LogP) is 1.21. The third-order valence-electron chi connectivity index (χ3n) is 1.97. The van der Waals surface area contributed by atoms with Gasteiger partial charge in [-0.1, -0.05) is 0 Å². The van der Waals surface area contributed by atoms with Crippen molar-refractivity contribution in [2.75, 3.05) is 0 Å². The Labute approximate surface area is 88.4 Å². The summed E-state index contributed by atoms with van der Waals surface area (Å²) in [6.07, 6.45) is 1.75. The van der Waals surface area contributed by atoms with Crippen LogP contribution in [0.25, 0.3) is 9.78 Å². The first kappa shape index (κ1) is 9.69. The van der Waals surface area contributed by atoms with Gasteiger partial charge in [0.2, 0.25) is 0 Å². The SMILES string of the molecule is CC(C)(C)n1[se]c2ncccc2c1=O. The van der Waals surface area contributed by atoms with Gasteiger partial charge in [-0.05, 0) is 0 Å². The summed E-state index contributed by atoms with van der Waals surface area (Å²) in [5, 5.41) is 0.780. The van der Waals surface area contributed by atoms with Crippen LogP contribution >= 0.6 is 0 Å². The Morgan fingerprint density at radius 3 is 2.71 bits per heavy atom. The van der Waals surface area contributed by atoms with E-state index in [1.165, 1.54) is 0 Å². The summed E-state index contributed by atoms with van der Waals surface area (Å²) in [7, 11) is 0. The van der Waals surface area contributed by atoms with E-state index in [1.54, 1.807) is 6.20 Å². The average Bonchev–Trinajstić information content (AvgIpc) is 2.44. The van der Waals surface area contributed by atoms with E-state index in [0.29, 0.717) is 0 Å². The van der Waals surface area contributed by atoms with Crippen molar-refractivity contribution in [3.63, 3.8) is 0 Å².